The van der Waals surface area contributed by atoms with E-state index in [9.17, 15) is 4.79 Å². The van der Waals surface area contributed by atoms with Crippen LogP contribution in [0.15, 0.2) is 24.3 Å². The van der Waals surface area contributed by atoms with E-state index in [0.717, 1.165) is 24.1 Å². The molecule has 0 aromatic heterocycles. The molecule has 1 N–H and O–H groups in total. The number of hydrogen-bond acceptors (Lipinski definition) is 2. The lowest BCUT2D eigenvalue weighted by Crippen LogP contribution is -2.20. The van der Waals surface area contributed by atoms with E-state index in [1.807, 2.05) is 38.1 Å². The highest BCUT2D eigenvalue weighted by Gasteiger charge is 2.10. The molecule has 0 fully saturated rings. The van der Waals surface area contributed by atoms with Crippen molar-refractivity contribution < 1.29 is 9.53 Å². The zero-order valence-corrected chi connectivity index (χ0v) is 12.2. The first kappa shape index (κ1) is 15.5. The van der Waals surface area contributed by atoms with Crippen LogP contribution in [0.25, 0.3) is 0 Å². The molecular weight excluding hydrogens is 238 g/mol. The second kappa shape index (κ2) is 8.57. The van der Waals surface area contributed by atoms with E-state index >= 15 is 0 Å². The molecule has 0 aliphatic carbocycles. The summed E-state index contributed by atoms with van der Waals surface area (Å²) in [7, 11) is 0. The number of rotatable bonds is 7. The van der Waals surface area contributed by atoms with Crippen molar-refractivity contribution in [2.24, 2.45) is 0 Å². The standard InChI is InChI=1S/C16H25NO2/c1-4-5-6-7-11-14(3)19-16(18)17-15-12-9-8-10-13(15)2/h8-10,12,14H,4-7,11H2,1-3H3,(H,17,18). The summed E-state index contributed by atoms with van der Waals surface area (Å²) in [4.78, 5) is 11.7. The Bertz CT molecular complexity index is 390. The smallest absolute Gasteiger partial charge is 0.411 e. The van der Waals surface area contributed by atoms with Gasteiger partial charge in [0.25, 0.3) is 0 Å². The van der Waals surface area contributed by atoms with Gasteiger partial charge >= 0.3 is 6.09 Å². The maximum Gasteiger partial charge on any atom is 0.411 e. The van der Waals surface area contributed by atoms with Crippen LogP contribution >= 0.6 is 0 Å². The Morgan fingerprint density at radius 1 is 1.26 bits per heavy atom. The van der Waals surface area contributed by atoms with Gasteiger partial charge in [0.2, 0.25) is 0 Å². The van der Waals surface area contributed by atoms with Crippen LogP contribution < -0.4 is 5.32 Å². The van der Waals surface area contributed by atoms with Crippen molar-refractivity contribution in [3.05, 3.63) is 29.8 Å². The van der Waals surface area contributed by atoms with Gasteiger partial charge in [-0.1, -0.05) is 44.4 Å². The van der Waals surface area contributed by atoms with Crippen LogP contribution in [0.5, 0.6) is 0 Å². The fourth-order valence-corrected chi connectivity index (χ4v) is 1.95. The van der Waals surface area contributed by atoms with Crippen molar-refractivity contribution in [1.29, 1.82) is 0 Å². The highest BCUT2D eigenvalue weighted by atomic mass is 16.6. The lowest BCUT2D eigenvalue weighted by atomic mass is 10.1. The maximum atomic E-state index is 11.7. The maximum absolute atomic E-state index is 11.7. The number of nitrogens with one attached hydrogen (secondary N) is 1. The first-order valence-corrected chi connectivity index (χ1v) is 7.16. The van der Waals surface area contributed by atoms with E-state index in [0.29, 0.717) is 0 Å². The molecule has 3 heteroatoms. The molecule has 0 saturated heterocycles. The van der Waals surface area contributed by atoms with E-state index in [4.69, 9.17) is 4.74 Å². The van der Waals surface area contributed by atoms with E-state index in [-0.39, 0.29) is 12.2 Å². The molecule has 1 rings (SSSR count). The van der Waals surface area contributed by atoms with Gasteiger partial charge in [-0.2, -0.15) is 0 Å². The number of carbonyl (C=O) groups excluding carboxylic acids is 1. The number of carbonyl (C=O) groups is 1. The average Bonchev–Trinajstić information content (AvgIpc) is 2.37. The van der Waals surface area contributed by atoms with Crippen molar-refractivity contribution in [2.45, 2.75) is 59.0 Å². The zero-order valence-electron chi connectivity index (χ0n) is 12.2. The molecule has 0 aliphatic rings. The molecular formula is C16H25NO2. The van der Waals surface area contributed by atoms with Crippen LogP contribution in [0.3, 0.4) is 0 Å². The molecule has 1 aromatic carbocycles. The number of hydrogen-bond donors (Lipinski definition) is 1. The Morgan fingerprint density at radius 2 is 2.00 bits per heavy atom. The molecule has 19 heavy (non-hydrogen) atoms. The summed E-state index contributed by atoms with van der Waals surface area (Å²) < 4.78 is 5.34. The Hall–Kier alpha value is -1.51. The molecule has 1 aromatic rings. The third-order valence-electron chi connectivity index (χ3n) is 3.15. The third kappa shape index (κ3) is 6.27. The summed E-state index contributed by atoms with van der Waals surface area (Å²) in [6, 6.07) is 7.69. The SMILES string of the molecule is CCCCCCC(C)OC(=O)Nc1ccccc1C. The average molecular weight is 263 g/mol. The molecule has 0 aliphatic heterocycles. The van der Waals surface area contributed by atoms with Crippen LogP contribution in [0.1, 0.15) is 51.5 Å². The second-order valence-corrected chi connectivity index (χ2v) is 5.01. The van der Waals surface area contributed by atoms with Gasteiger partial charge in [-0.05, 0) is 38.3 Å². The molecule has 106 valence electrons. The number of para-hydroxylation sites is 1. The lowest BCUT2D eigenvalue weighted by Gasteiger charge is -2.14. The molecule has 0 bridgehead atoms. The molecule has 0 radical (unpaired) electrons. The number of amides is 1. The predicted octanol–water partition coefficient (Wildman–Crippen LogP) is 4.90. The molecule has 3 nitrogen and oxygen atoms in total. The second-order valence-electron chi connectivity index (χ2n) is 5.01. The monoisotopic (exact) mass is 263 g/mol. The van der Waals surface area contributed by atoms with Gasteiger partial charge in [-0.3, -0.25) is 5.32 Å². The van der Waals surface area contributed by atoms with Crippen molar-refractivity contribution in [3.8, 4) is 0 Å². The minimum Gasteiger partial charge on any atom is -0.446 e. The van der Waals surface area contributed by atoms with E-state index < -0.39 is 0 Å². The van der Waals surface area contributed by atoms with E-state index in [2.05, 4.69) is 12.2 Å². The van der Waals surface area contributed by atoms with Crippen LogP contribution in [-0.4, -0.2) is 12.2 Å². The van der Waals surface area contributed by atoms with Crippen LogP contribution in [-0.2, 0) is 4.74 Å². The first-order valence-electron chi connectivity index (χ1n) is 7.16. The van der Waals surface area contributed by atoms with Gasteiger partial charge in [-0.15, -0.1) is 0 Å². The van der Waals surface area contributed by atoms with E-state index in [1.54, 1.807) is 0 Å². The minimum atomic E-state index is -0.364. The zero-order chi connectivity index (χ0) is 14.1. The van der Waals surface area contributed by atoms with Gasteiger partial charge in [0.15, 0.2) is 0 Å². The fourth-order valence-electron chi connectivity index (χ4n) is 1.95. The van der Waals surface area contributed by atoms with Crippen LogP contribution in [0, 0.1) is 6.92 Å². The molecule has 1 unspecified atom stereocenters. The van der Waals surface area contributed by atoms with Crippen LogP contribution in [0.2, 0.25) is 0 Å². The highest BCUT2D eigenvalue weighted by Crippen LogP contribution is 2.14. The normalized spacial score (nSPS) is 11.9. The molecule has 0 heterocycles. The highest BCUT2D eigenvalue weighted by molar-refractivity contribution is 5.85. The summed E-state index contributed by atoms with van der Waals surface area (Å²) in [5.74, 6) is 0. The lowest BCUT2D eigenvalue weighted by molar-refractivity contribution is 0.114. The number of aryl methyl sites for hydroxylation is 1. The molecule has 1 amide bonds. The number of unbranched alkanes of at least 4 members (excludes halogenated alkanes) is 3. The largest absolute Gasteiger partial charge is 0.446 e. The Balaban J connectivity index is 2.29. The quantitative estimate of drug-likeness (QED) is 0.710. The Labute approximate surface area is 116 Å². The number of ether oxygens (including phenoxy) is 1. The van der Waals surface area contributed by atoms with Crippen molar-refractivity contribution in [1.82, 2.24) is 0 Å². The first-order chi connectivity index (χ1) is 9.13. The summed E-state index contributed by atoms with van der Waals surface area (Å²) in [5, 5.41) is 2.78. The van der Waals surface area contributed by atoms with Gasteiger partial charge in [0.1, 0.15) is 6.10 Å². The van der Waals surface area contributed by atoms with Crippen molar-refractivity contribution in [2.75, 3.05) is 5.32 Å². The topological polar surface area (TPSA) is 38.3 Å². The van der Waals surface area contributed by atoms with Gasteiger partial charge in [0.05, 0.1) is 0 Å². The summed E-state index contributed by atoms with van der Waals surface area (Å²) in [5.41, 5.74) is 1.85. The van der Waals surface area contributed by atoms with Crippen LogP contribution in [0.4, 0.5) is 10.5 Å². The Morgan fingerprint density at radius 3 is 2.68 bits per heavy atom. The summed E-state index contributed by atoms with van der Waals surface area (Å²) in [6.45, 7) is 6.10. The molecule has 1 atom stereocenters. The van der Waals surface area contributed by atoms with Gasteiger partial charge < -0.3 is 4.74 Å². The van der Waals surface area contributed by atoms with Gasteiger partial charge in [-0.25, -0.2) is 4.79 Å². The molecule has 0 saturated carbocycles. The third-order valence-corrected chi connectivity index (χ3v) is 3.15. The molecule has 0 spiro atoms. The van der Waals surface area contributed by atoms with E-state index in [1.165, 1.54) is 19.3 Å². The fraction of sp³-hybridized carbons (Fsp3) is 0.562. The van der Waals surface area contributed by atoms with Crippen molar-refractivity contribution in [3.63, 3.8) is 0 Å². The minimum absolute atomic E-state index is 0.0270. The number of anilines is 1. The predicted molar refractivity (Wildman–Crippen MR) is 79.5 cm³/mol. The summed E-state index contributed by atoms with van der Waals surface area (Å²) >= 11 is 0. The summed E-state index contributed by atoms with van der Waals surface area (Å²) in [6.07, 6.45) is 5.35. The van der Waals surface area contributed by atoms with Gasteiger partial charge in [0, 0.05) is 5.69 Å². The van der Waals surface area contributed by atoms with Crippen molar-refractivity contribution >= 4 is 11.8 Å². The Kier molecular flexibility index (Phi) is 7.01. The number of benzene rings is 1.